The Morgan fingerprint density at radius 2 is 0.967 bits per heavy atom. The second-order valence-electron chi connectivity index (χ2n) is 6.91. The summed E-state index contributed by atoms with van der Waals surface area (Å²) in [6, 6.07) is 42.7. The third kappa shape index (κ3) is 4.80. The van der Waals surface area contributed by atoms with Gasteiger partial charge in [0.2, 0.25) is 0 Å². The summed E-state index contributed by atoms with van der Waals surface area (Å²) in [5, 5.41) is 0. The van der Waals surface area contributed by atoms with Crippen molar-refractivity contribution in [2.45, 2.75) is 6.61 Å². The number of hydrogen-bond acceptors (Lipinski definition) is 3. The second-order valence-corrected chi connectivity index (χ2v) is 22.8. The summed E-state index contributed by atoms with van der Waals surface area (Å²) in [5.74, 6) is 0. The predicted molar refractivity (Wildman–Crippen MR) is 135 cm³/mol. The van der Waals surface area contributed by atoms with Crippen LogP contribution in [0.4, 0.5) is 0 Å². The van der Waals surface area contributed by atoms with Crippen LogP contribution >= 0.6 is 21.2 Å². The van der Waals surface area contributed by atoms with E-state index in [2.05, 4.69) is 103 Å². The van der Waals surface area contributed by atoms with Crippen LogP contribution in [0, 0.1) is 0 Å². The standard InChI is InChI=1S/C8H8OS2.3C6H5.Sn/c10-8(11)9-6-7-4-2-1-3-5-7;3*1-2-4-6-5-3-1;/h1-5H,6H2,(H,10,11);3*1-5H;/q;;;;+1/p-1. The predicted octanol–water partition coefficient (Wildman–Crippen LogP) is 4.89. The van der Waals surface area contributed by atoms with Crippen molar-refractivity contribution in [1.82, 2.24) is 0 Å². The molecule has 0 aliphatic heterocycles. The third-order valence-electron chi connectivity index (χ3n) is 4.98. The Hall–Kier alpha value is -2.08. The summed E-state index contributed by atoms with van der Waals surface area (Å²) in [6.07, 6.45) is 0. The Labute approximate surface area is 190 Å². The van der Waals surface area contributed by atoms with Gasteiger partial charge in [-0.3, -0.25) is 0 Å². The molecule has 148 valence electrons. The van der Waals surface area contributed by atoms with E-state index in [-0.39, 0.29) is 0 Å². The molecule has 0 unspecified atom stereocenters. The van der Waals surface area contributed by atoms with Gasteiger partial charge in [-0.05, 0) is 0 Å². The molecule has 4 aromatic rings. The van der Waals surface area contributed by atoms with Gasteiger partial charge >= 0.3 is 192 Å². The molecule has 0 heterocycles. The summed E-state index contributed by atoms with van der Waals surface area (Å²) < 4.78 is 10.8. The van der Waals surface area contributed by atoms with Crippen LogP contribution in [0.5, 0.6) is 0 Å². The van der Waals surface area contributed by atoms with E-state index in [1.165, 1.54) is 10.7 Å². The van der Waals surface area contributed by atoms with Crippen molar-refractivity contribution in [3.63, 3.8) is 0 Å². The van der Waals surface area contributed by atoms with E-state index < -0.39 is 17.0 Å². The van der Waals surface area contributed by atoms with Crippen molar-refractivity contribution < 1.29 is 4.74 Å². The van der Waals surface area contributed by atoms with Gasteiger partial charge in [-0.2, -0.15) is 0 Å². The van der Waals surface area contributed by atoms with Crippen LogP contribution in [0.2, 0.25) is 0 Å². The molecule has 0 N–H and O–H groups in total. The zero-order valence-electron chi connectivity index (χ0n) is 16.5. The quantitative estimate of drug-likeness (QED) is 0.258. The third-order valence-corrected chi connectivity index (χ3v) is 26.0. The fourth-order valence-corrected chi connectivity index (χ4v) is 23.8. The number of rotatable bonds is 6. The molecular formula is C26H22OS2Sn. The van der Waals surface area contributed by atoms with E-state index >= 15 is 0 Å². The first-order chi connectivity index (χ1) is 14.8. The van der Waals surface area contributed by atoms with Gasteiger partial charge in [0.1, 0.15) is 0 Å². The zero-order valence-corrected chi connectivity index (χ0v) is 21.0. The Bertz CT molecular complexity index is 974. The summed E-state index contributed by atoms with van der Waals surface area (Å²) in [6.45, 7) is 0.493. The van der Waals surface area contributed by atoms with Crippen molar-refractivity contribution in [3.8, 4) is 0 Å². The first-order valence-corrected chi connectivity index (χ1v) is 18.9. The van der Waals surface area contributed by atoms with Gasteiger partial charge in [0.15, 0.2) is 0 Å². The summed E-state index contributed by atoms with van der Waals surface area (Å²) >= 11 is 2.31. The molecule has 0 saturated carbocycles. The number of thiocarbonyl (C=S) groups is 1. The van der Waals surface area contributed by atoms with Crippen LogP contribution < -0.4 is 10.7 Å². The van der Waals surface area contributed by atoms with Crippen molar-refractivity contribution in [1.29, 1.82) is 0 Å². The molecule has 4 rings (SSSR count). The number of ether oxygens (including phenoxy) is 1. The van der Waals surface area contributed by atoms with E-state index in [1.54, 1.807) is 8.95 Å². The summed E-state index contributed by atoms with van der Waals surface area (Å²) in [5.41, 5.74) is 1.13. The molecule has 0 aliphatic carbocycles. The minimum absolute atomic E-state index is 0.493. The van der Waals surface area contributed by atoms with E-state index in [9.17, 15) is 0 Å². The van der Waals surface area contributed by atoms with E-state index in [4.69, 9.17) is 17.0 Å². The Morgan fingerprint density at radius 1 is 0.600 bits per heavy atom. The van der Waals surface area contributed by atoms with Gasteiger partial charge in [0, 0.05) is 0 Å². The SMILES string of the molecule is S=C(OCc1ccccc1)[S][Sn]([c]1ccccc1)([c]1ccccc1)[c]1ccccc1. The van der Waals surface area contributed by atoms with Gasteiger partial charge in [0.05, 0.1) is 0 Å². The molecule has 0 fully saturated rings. The van der Waals surface area contributed by atoms with E-state index in [1.807, 2.05) is 18.2 Å². The summed E-state index contributed by atoms with van der Waals surface area (Å²) in [4.78, 5) is 0. The van der Waals surface area contributed by atoms with Crippen LogP contribution in [0.15, 0.2) is 121 Å². The molecule has 0 amide bonds. The average Bonchev–Trinajstić information content (AvgIpc) is 2.83. The van der Waals surface area contributed by atoms with Crippen LogP contribution in [0.25, 0.3) is 0 Å². The molecule has 0 atom stereocenters. The van der Waals surface area contributed by atoms with E-state index in [0.29, 0.717) is 11.0 Å². The molecule has 4 aromatic carbocycles. The van der Waals surface area contributed by atoms with E-state index in [0.717, 1.165) is 5.56 Å². The minimum atomic E-state index is -3.48. The molecular weight excluding hydrogens is 511 g/mol. The number of benzene rings is 4. The van der Waals surface area contributed by atoms with Gasteiger partial charge < -0.3 is 0 Å². The van der Waals surface area contributed by atoms with Gasteiger partial charge in [0.25, 0.3) is 0 Å². The number of hydrogen-bond donors (Lipinski definition) is 0. The first kappa shape index (κ1) is 21.2. The van der Waals surface area contributed by atoms with Crippen LogP contribution in [-0.4, -0.2) is 21.4 Å². The molecule has 1 nitrogen and oxygen atoms in total. The zero-order chi connectivity index (χ0) is 20.7. The monoisotopic (exact) mass is 534 g/mol. The van der Waals surface area contributed by atoms with Gasteiger partial charge in [-0.1, -0.05) is 0 Å². The fraction of sp³-hybridized carbons (Fsp3) is 0.0385. The normalized spacial score (nSPS) is 11.1. The molecule has 0 spiro atoms. The Kier molecular flexibility index (Phi) is 7.26. The van der Waals surface area contributed by atoms with Crippen molar-refractivity contribution >= 4 is 53.3 Å². The molecule has 0 aromatic heterocycles. The van der Waals surface area contributed by atoms with Gasteiger partial charge in [-0.15, -0.1) is 0 Å². The molecule has 0 saturated heterocycles. The maximum absolute atomic E-state index is 6.09. The molecule has 0 aliphatic rings. The molecule has 0 radical (unpaired) electrons. The van der Waals surface area contributed by atoms with Gasteiger partial charge in [-0.25, -0.2) is 0 Å². The van der Waals surface area contributed by atoms with Crippen molar-refractivity contribution in [3.05, 3.63) is 127 Å². The molecule has 4 heteroatoms. The maximum atomic E-state index is 6.09. The Balaban J connectivity index is 1.76. The molecule has 30 heavy (non-hydrogen) atoms. The van der Waals surface area contributed by atoms with Crippen LogP contribution in [0.3, 0.4) is 0 Å². The average molecular weight is 533 g/mol. The first-order valence-electron chi connectivity index (χ1n) is 9.85. The van der Waals surface area contributed by atoms with Crippen LogP contribution in [-0.2, 0) is 11.3 Å². The molecule has 0 bridgehead atoms. The van der Waals surface area contributed by atoms with Crippen molar-refractivity contribution in [2.75, 3.05) is 0 Å². The van der Waals surface area contributed by atoms with Crippen molar-refractivity contribution in [2.24, 2.45) is 0 Å². The fourth-order valence-electron chi connectivity index (χ4n) is 3.57. The second kappa shape index (κ2) is 10.3. The van der Waals surface area contributed by atoms with Crippen LogP contribution in [0.1, 0.15) is 5.56 Å². The summed E-state index contributed by atoms with van der Waals surface area (Å²) in [7, 11) is 1.79. The Morgan fingerprint density at radius 3 is 1.37 bits per heavy atom. The topological polar surface area (TPSA) is 9.23 Å².